The van der Waals surface area contributed by atoms with Gasteiger partial charge in [0.15, 0.2) is 11.3 Å². The molecule has 0 aliphatic heterocycles. The van der Waals surface area contributed by atoms with Crippen molar-refractivity contribution in [2.45, 2.75) is 12.8 Å². The van der Waals surface area contributed by atoms with E-state index in [2.05, 4.69) is 20.9 Å². The Hall–Kier alpha value is -2.47. The standard InChI is InChI=1S/C18H14BrNO4/c1-10(17(21)23-2)12-5-8-15-14(9-12)20-16(18(22)24-15)11-3-6-13(19)7-4-11/h3-10H,1-2H3. The maximum atomic E-state index is 12.2. The highest BCUT2D eigenvalue weighted by Crippen LogP contribution is 2.23. The van der Waals surface area contributed by atoms with Gasteiger partial charge in [-0.3, -0.25) is 4.79 Å². The van der Waals surface area contributed by atoms with Crippen LogP contribution in [0.4, 0.5) is 0 Å². The van der Waals surface area contributed by atoms with Crippen LogP contribution in [-0.4, -0.2) is 18.1 Å². The summed E-state index contributed by atoms with van der Waals surface area (Å²) in [4.78, 5) is 28.3. The van der Waals surface area contributed by atoms with Crippen LogP contribution in [0.5, 0.6) is 0 Å². The third-order valence-electron chi connectivity index (χ3n) is 3.78. The Morgan fingerprint density at radius 2 is 1.92 bits per heavy atom. The number of nitrogens with zero attached hydrogens (tertiary/aromatic N) is 1. The van der Waals surface area contributed by atoms with Gasteiger partial charge in [0.25, 0.3) is 0 Å². The van der Waals surface area contributed by atoms with Crippen LogP contribution in [0.2, 0.25) is 0 Å². The van der Waals surface area contributed by atoms with Gasteiger partial charge >= 0.3 is 11.6 Å². The van der Waals surface area contributed by atoms with Crippen molar-refractivity contribution >= 4 is 33.0 Å². The predicted octanol–water partition coefficient (Wildman–Crippen LogP) is 3.89. The van der Waals surface area contributed by atoms with Crippen LogP contribution in [-0.2, 0) is 9.53 Å². The Morgan fingerprint density at radius 3 is 2.58 bits per heavy atom. The number of carbonyl (C=O) groups excluding carboxylic acids is 1. The summed E-state index contributed by atoms with van der Waals surface area (Å²) in [6.07, 6.45) is 0. The zero-order chi connectivity index (χ0) is 17.3. The van der Waals surface area contributed by atoms with Gasteiger partial charge in [0.2, 0.25) is 0 Å². The van der Waals surface area contributed by atoms with Crippen molar-refractivity contribution < 1.29 is 13.9 Å². The largest absolute Gasteiger partial charge is 0.469 e. The van der Waals surface area contributed by atoms with Crippen molar-refractivity contribution in [3.05, 3.63) is 62.9 Å². The molecule has 0 N–H and O–H groups in total. The highest BCUT2D eigenvalue weighted by atomic mass is 79.9. The van der Waals surface area contributed by atoms with E-state index in [0.717, 1.165) is 10.0 Å². The Morgan fingerprint density at radius 1 is 1.21 bits per heavy atom. The summed E-state index contributed by atoms with van der Waals surface area (Å²) in [7, 11) is 1.35. The molecule has 1 heterocycles. The van der Waals surface area contributed by atoms with Crippen molar-refractivity contribution in [1.29, 1.82) is 0 Å². The minimum atomic E-state index is -0.501. The summed E-state index contributed by atoms with van der Waals surface area (Å²) in [6.45, 7) is 1.75. The molecule has 0 bridgehead atoms. The van der Waals surface area contributed by atoms with Gasteiger partial charge in [0.05, 0.1) is 13.0 Å². The predicted molar refractivity (Wildman–Crippen MR) is 93.8 cm³/mol. The number of halogens is 1. The lowest BCUT2D eigenvalue weighted by atomic mass is 10.0. The molecule has 1 atom stereocenters. The molecule has 0 saturated heterocycles. The van der Waals surface area contributed by atoms with Crippen LogP contribution in [0.25, 0.3) is 22.4 Å². The van der Waals surface area contributed by atoms with Gasteiger partial charge in [-0.05, 0) is 36.8 Å². The second kappa shape index (κ2) is 6.57. The first-order chi connectivity index (χ1) is 11.5. The molecule has 3 rings (SSSR count). The Bertz CT molecular complexity index is 963. The van der Waals surface area contributed by atoms with E-state index in [1.807, 2.05) is 12.1 Å². The minimum absolute atomic E-state index is 0.234. The van der Waals surface area contributed by atoms with E-state index in [9.17, 15) is 9.59 Å². The molecule has 0 aliphatic carbocycles. The molecular formula is C18H14BrNO4. The summed E-state index contributed by atoms with van der Waals surface area (Å²) in [5.41, 5.74) is 2.04. The molecule has 1 aromatic heterocycles. The molecule has 2 aromatic carbocycles. The van der Waals surface area contributed by atoms with Crippen LogP contribution < -0.4 is 5.63 Å². The Labute approximate surface area is 146 Å². The highest BCUT2D eigenvalue weighted by Gasteiger charge is 2.17. The molecule has 1 unspecified atom stereocenters. The van der Waals surface area contributed by atoms with Gasteiger partial charge in [-0.25, -0.2) is 9.78 Å². The molecular weight excluding hydrogens is 374 g/mol. The molecule has 0 amide bonds. The van der Waals surface area contributed by atoms with Crippen molar-refractivity contribution in [3.8, 4) is 11.3 Å². The number of aromatic nitrogens is 1. The Balaban J connectivity index is 2.12. The molecule has 0 radical (unpaired) electrons. The molecule has 0 saturated carbocycles. The summed E-state index contributed by atoms with van der Waals surface area (Å²) in [6, 6.07) is 12.3. The highest BCUT2D eigenvalue weighted by molar-refractivity contribution is 9.10. The average molecular weight is 388 g/mol. The molecule has 24 heavy (non-hydrogen) atoms. The first-order valence-electron chi connectivity index (χ1n) is 7.28. The second-order valence-electron chi connectivity index (χ2n) is 5.33. The van der Waals surface area contributed by atoms with E-state index in [1.165, 1.54) is 7.11 Å². The summed E-state index contributed by atoms with van der Waals surface area (Å²) < 4.78 is 11.0. The van der Waals surface area contributed by atoms with E-state index in [1.54, 1.807) is 37.3 Å². The minimum Gasteiger partial charge on any atom is -0.469 e. The third-order valence-corrected chi connectivity index (χ3v) is 4.31. The van der Waals surface area contributed by atoms with Crippen molar-refractivity contribution in [3.63, 3.8) is 0 Å². The van der Waals surface area contributed by atoms with E-state index in [-0.39, 0.29) is 11.7 Å². The molecule has 5 nitrogen and oxygen atoms in total. The average Bonchev–Trinajstić information content (AvgIpc) is 2.60. The van der Waals surface area contributed by atoms with Gasteiger partial charge < -0.3 is 9.15 Å². The number of esters is 1. The van der Waals surface area contributed by atoms with Crippen molar-refractivity contribution in [2.75, 3.05) is 7.11 Å². The maximum absolute atomic E-state index is 12.2. The monoisotopic (exact) mass is 387 g/mol. The van der Waals surface area contributed by atoms with E-state index >= 15 is 0 Å². The quantitative estimate of drug-likeness (QED) is 0.637. The van der Waals surface area contributed by atoms with Crippen LogP contribution in [0.3, 0.4) is 0 Å². The number of ether oxygens (including phenoxy) is 1. The molecule has 3 aromatic rings. The first-order valence-corrected chi connectivity index (χ1v) is 8.07. The van der Waals surface area contributed by atoms with Gasteiger partial charge in [0.1, 0.15) is 5.52 Å². The van der Waals surface area contributed by atoms with Gasteiger partial charge in [-0.2, -0.15) is 0 Å². The summed E-state index contributed by atoms with van der Waals surface area (Å²) in [5, 5.41) is 0. The number of hydrogen-bond donors (Lipinski definition) is 0. The normalized spacial score (nSPS) is 12.1. The van der Waals surface area contributed by atoms with E-state index in [0.29, 0.717) is 16.7 Å². The fourth-order valence-corrected chi connectivity index (χ4v) is 2.66. The zero-order valence-corrected chi connectivity index (χ0v) is 14.7. The SMILES string of the molecule is COC(=O)C(C)c1ccc2oc(=O)c(-c3ccc(Br)cc3)nc2c1. The van der Waals surface area contributed by atoms with Gasteiger partial charge in [-0.15, -0.1) is 0 Å². The van der Waals surface area contributed by atoms with Crippen LogP contribution in [0, 0.1) is 0 Å². The maximum Gasteiger partial charge on any atom is 0.363 e. The number of methoxy groups -OCH3 is 1. The molecule has 122 valence electrons. The number of carbonyl (C=O) groups is 1. The first kappa shape index (κ1) is 16.4. The molecule has 6 heteroatoms. The van der Waals surface area contributed by atoms with E-state index in [4.69, 9.17) is 9.15 Å². The fraction of sp³-hybridized carbons (Fsp3) is 0.167. The number of benzene rings is 2. The number of rotatable bonds is 3. The molecule has 0 spiro atoms. The molecule has 0 aliphatic rings. The van der Waals surface area contributed by atoms with E-state index < -0.39 is 11.5 Å². The third kappa shape index (κ3) is 3.10. The van der Waals surface area contributed by atoms with Crippen molar-refractivity contribution in [2.24, 2.45) is 0 Å². The lowest BCUT2D eigenvalue weighted by molar-refractivity contribution is -0.141. The lowest BCUT2D eigenvalue weighted by Gasteiger charge is -2.10. The number of fused-ring (bicyclic) bond motifs is 1. The number of hydrogen-bond acceptors (Lipinski definition) is 5. The smallest absolute Gasteiger partial charge is 0.363 e. The van der Waals surface area contributed by atoms with Gasteiger partial charge in [0, 0.05) is 10.0 Å². The van der Waals surface area contributed by atoms with Crippen LogP contribution in [0.1, 0.15) is 18.4 Å². The fourth-order valence-electron chi connectivity index (χ4n) is 2.39. The van der Waals surface area contributed by atoms with Crippen LogP contribution in [0.15, 0.2) is 56.1 Å². The molecule has 0 fully saturated rings. The lowest BCUT2D eigenvalue weighted by Crippen LogP contribution is -2.11. The topological polar surface area (TPSA) is 69.4 Å². The van der Waals surface area contributed by atoms with Crippen LogP contribution >= 0.6 is 15.9 Å². The van der Waals surface area contributed by atoms with Gasteiger partial charge in [-0.1, -0.05) is 34.1 Å². The summed E-state index contributed by atoms with van der Waals surface area (Å²) >= 11 is 3.36. The zero-order valence-electron chi connectivity index (χ0n) is 13.1. The summed E-state index contributed by atoms with van der Waals surface area (Å²) in [5.74, 6) is -0.760. The Kier molecular flexibility index (Phi) is 4.49. The second-order valence-corrected chi connectivity index (χ2v) is 6.24. The van der Waals surface area contributed by atoms with Crippen molar-refractivity contribution in [1.82, 2.24) is 4.98 Å².